The van der Waals surface area contributed by atoms with Crippen LogP contribution in [0.3, 0.4) is 0 Å². The molecule has 31 heavy (non-hydrogen) atoms. The molecule has 1 unspecified atom stereocenters. The number of benzene rings is 1. The Bertz CT molecular complexity index is 963. The number of piperazine rings is 1. The van der Waals surface area contributed by atoms with E-state index < -0.39 is 5.97 Å². The zero-order chi connectivity index (χ0) is 22.0. The Kier molecular flexibility index (Phi) is 6.11. The number of ether oxygens (including phenoxy) is 2. The molecule has 1 amide bonds. The molecule has 7 nitrogen and oxygen atoms in total. The van der Waals surface area contributed by atoms with Gasteiger partial charge in [0.15, 0.2) is 5.70 Å². The van der Waals surface area contributed by atoms with Gasteiger partial charge in [0.1, 0.15) is 5.75 Å². The van der Waals surface area contributed by atoms with Gasteiger partial charge in [0.25, 0.3) is 0 Å². The van der Waals surface area contributed by atoms with Crippen LogP contribution in [0.4, 0.5) is 0 Å². The molecule has 1 aliphatic carbocycles. The number of cyclic esters (lactones) is 1. The van der Waals surface area contributed by atoms with Crippen LogP contribution in [0.25, 0.3) is 0 Å². The normalized spacial score (nSPS) is 22.3. The number of hydrogen-bond acceptors (Lipinski definition) is 6. The van der Waals surface area contributed by atoms with E-state index >= 15 is 0 Å². The Morgan fingerprint density at radius 1 is 1.35 bits per heavy atom. The molecule has 7 heteroatoms. The van der Waals surface area contributed by atoms with Crippen LogP contribution in [0.1, 0.15) is 45.1 Å². The monoisotopic (exact) mass is 423 g/mol. The maximum atomic E-state index is 12.8. The Balaban J connectivity index is 1.57. The third-order valence-corrected chi connectivity index (χ3v) is 5.78. The molecule has 0 bridgehead atoms. The number of aliphatic imine (C=N–C) groups is 1. The first kappa shape index (κ1) is 21.2. The highest BCUT2D eigenvalue weighted by atomic mass is 16.6. The molecule has 1 aromatic carbocycles. The first-order valence-electron chi connectivity index (χ1n) is 10.9. The molecule has 3 aliphatic rings. The Morgan fingerprint density at radius 2 is 2.19 bits per heavy atom. The van der Waals surface area contributed by atoms with Gasteiger partial charge in [0.2, 0.25) is 11.8 Å². The van der Waals surface area contributed by atoms with E-state index in [9.17, 15) is 9.59 Å². The van der Waals surface area contributed by atoms with Gasteiger partial charge in [-0.15, -0.1) is 0 Å². The third-order valence-electron chi connectivity index (χ3n) is 5.78. The third kappa shape index (κ3) is 4.50. The predicted molar refractivity (Wildman–Crippen MR) is 117 cm³/mol. The van der Waals surface area contributed by atoms with Gasteiger partial charge in [-0.2, -0.15) is 0 Å². The summed E-state index contributed by atoms with van der Waals surface area (Å²) in [5.41, 5.74) is 2.04. The van der Waals surface area contributed by atoms with Crippen molar-refractivity contribution < 1.29 is 19.1 Å². The van der Waals surface area contributed by atoms with E-state index in [4.69, 9.17) is 9.47 Å². The molecule has 0 saturated carbocycles. The van der Waals surface area contributed by atoms with E-state index in [1.165, 1.54) is 0 Å². The van der Waals surface area contributed by atoms with Crippen molar-refractivity contribution in [1.82, 2.24) is 9.80 Å². The maximum absolute atomic E-state index is 12.8. The molecule has 1 saturated heterocycles. The lowest BCUT2D eigenvalue weighted by molar-refractivity contribution is -0.135. The van der Waals surface area contributed by atoms with E-state index in [0.717, 1.165) is 25.0 Å². The van der Waals surface area contributed by atoms with E-state index in [1.54, 1.807) is 19.4 Å². The zero-order valence-corrected chi connectivity index (χ0v) is 18.3. The average Bonchev–Trinajstić information content (AvgIpc) is 3.13. The molecular formula is C24H29N3O4. The van der Waals surface area contributed by atoms with Gasteiger partial charge in [0.05, 0.1) is 13.2 Å². The van der Waals surface area contributed by atoms with Gasteiger partial charge in [-0.3, -0.25) is 4.79 Å². The summed E-state index contributed by atoms with van der Waals surface area (Å²) >= 11 is 0. The topological polar surface area (TPSA) is 71.4 Å². The molecule has 2 aliphatic heterocycles. The first-order chi connectivity index (χ1) is 15.0. The second kappa shape index (κ2) is 8.96. The van der Waals surface area contributed by atoms with Crippen molar-refractivity contribution in [2.75, 3.05) is 20.2 Å². The number of amides is 1. The summed E-state index contributed by atoms with van der Waals surface area (Å²) in [6.45, 7) is 5.41. The van der Waals surface area contributed by atoms with Crippen molar-refractivity contribution in [3.8, 4) is 5.75 Å². The molecule has 4 rings (SSSR count). The van der Waals surface area contributed by atoms with E-state index in [1.807, 2.05) is 23.1 Å². The summed E-state index contributed by atoms with van der Waals surface area (Å²) in [7, 11) is 1.59. The molecule has 1 fully saturated rings. The van der Waals surface area contributed by atoms with E-state index in [2.05, 4.69) is 29.8 Å². The number of rotatable bonds is 5. The quantitative estimate of drug-likeness (QED) is 0.536. The van der Waals surface area contributed by atoms with Crippen LogP contribution in [0.15, 0.2) is 52.9 Å². The molecular weight excluding hydrogens is 394 g/mol. The molecule has 1 aromatic rings. The second-order valence-electron chi connectivity index (χ2n) is 8.51. The number of fused-ring (bicyclic) bond motifs is 1. The SMILES string of the molecule is COc1cccc(C2=NC(=CN3CCN(C(=O)CC(C)C)C4CCCC=C43)C(=O)O2)c1. The molecule has 0 aromatic heterocycles. The second-order valence-corrected chi connectivity index (χ2v) is 8.51. The summed E-state index contributed by atoms with van der Waals surface area (Å²) in [5.74, 6) is 1.02. The molecule has 0 spiro atoms. The Morgan fingerprint density at radius 3 is 2.97 bits per heavy atom. The fourth-order valence-electron chi connectivity index (χ4n) is 4.30. The summed E-state index contributed by atoms with van der Waals surface area (Å²) in [5, 5.41) is 0. The summed E-state index contributed by atoms with van der Waals surface area (Å²) < 4.78 is 10.7. The van der Waals surface area contributed by atoms with E-state index in [-0.39, 0.29) is 23.5 Å². The lowest BCUT2D eigenvalue weighted by Gasteiger charge is -2.45. The Labute approximate surface area is 183 Å². The molecule has 164 valence electrons. The van der Waals surface area contributed by atoms with Crippen molar-refractivity contribution in [1.29, 1.82) is 0 Å². The molecule has 1 atom stereocenters. The van der Waals surface area contributed by atoms with Crippen LogP contribution in [0.2, 0.25) is 0 Å². The number of carbonyl (C=O) groups excluding carboxylic acids is 2. The molecule has 2 heterocycles. The highest BCUT2D eigenvalue weighted by Gasteiger charge is 2.36. The van der Waals surface area contributed by atoms with Crippen molar-refractivity contribution in [2.24, 2.45) is 10.9 Å². The fraction of sp³-hybridized carbons (Fsp3) is 0.458. The van der Waals surface area contributed by atoms with Crippen molar-refractivity contribution >= 4 is 17.8 Å². The van der Waals surface area contributed by atoms with Gasteiger partial charge < -0.3 is 19.3 Å². The number of allylic oxidation sites excluding steroid dienone is 1. The van der Waals surface area contributed by atoms with Crippen LogP contribution in [-0.2, 0) is 14.3 Å². The van der Waals surface area contributed by atoms with Crippen molar-refractivity contribution in [3.05, 3.63) is 53.5 Å². The summed E-state index contributed by atoms with van der Waals surface area (Å²) in [6, 6.07) is 7.33. The van der Waals surface area contributed by atoms with Gasteiger partial charge in [-0.05, 0) is 43.4 Å². The van der Waals surface area contributed by atoms with Crippen LogP contribution in [0.5, 0.6) is 5.75 Å². The number of methoxy groups -OCH3 is 1. The summed E-state index contributed by atoms with van der Waals surface area (Å²) in [4.78, 5) is 33.8. The van der Waals surface area contributed by atoms with Gasteiger partial charge in [0, 0.05) is 37.0 Å². The highest BCUT2D eigenvalue weighted by molar-refractivity contribution is 6.11. The maximum Gasteiger partial charge on any atom is 0.365 e. The number of esters is 1. The van der Waals surface area contributed by atoms with Crippen LogP contribution < -0.4 is 4.74 Å². The van der Waals surface area contributed by atoms with Gasteiger partial charge >= 0.3 is 5.97 Å². The first-order valence-corrected chi connectivity index (χ1v) is 10.9. The van der Waals surface area contributed by atoms with Crippen molar-refractivity contribution in [3.63, 3.8) is 0 Å². The average molecular weight is 424 g/mol. The minimum atomic E-state index is -0.468. The standard InChI is InChI=1S/C24H29N3O4/c1-16(2)13-22(28)27-12-11-26(20-9-4-5-10-21(20)27)15-19-24(29)31-23(25-19)17-7-6-8-18(14-17)30-3/h6-9,14-16,21H,4-5,10-13H2,1-3H3. The van der Waals surface area contributed by atoms with Crippen molar-refractivity contribution in [2.45, 2.75) is 45.6 Å². The minimum Gasteiger partial charge on any atom is -0.497 e. The minimum absolute atomic E-state index is 0.0601. The van der Waals surface area contributed by atoms with E-state index in [0.29, 0.717) is 36.7 Å². The predicted octanol–water partition coefficient (Wildman–Crippen LogP) is 3.47. The largest absolute Gasteiger partial charge is 0.497 e. The molecule has 0 N–H and O–H groups in total. The lowest BCUT2D eigenvalue weighted by Crippen LogP contribution is -2.53. The number of carbonyl (C=O) groups is 2. The number of nitrogens with zero attached hydrogens (tertiary/aromatic N) is 3. The zero-order valence-electron chi connectivity index (χ0n) is 18.3. The number of hydrogen-bond donors (Lipinski definition) is 0. The lowest BCUT2D eigenvalue weighted by atomic mass is 9.93. The van der Waals surface area contributed by atoms with Crippen LogP contribution in [0, 0.1) is 5.92 Å². The van der Waals surface area contributed by atoms with Gasteiger partial charge in [-0.25, -0.2) is 9.79 Å². The fourth-order valence-corrected chi connectivity index (χ4v) is 4.30. The smallest absolute Gasteiger partial charge is 0.365 e. The Hall–Kier alpha value is -3.09. The molecule has 0 radical (unpaired) electrons. The van der Waals surface area contributed by atoms with Crippen LogP contribution >= 0.6 is 0 Å². The van der Waals surface area contributed by atoms with Gasteiger partial charge in [-0.1, -0.05) is 26.0 Å². The van der Waals surface area contributed by atoms with Crippen LogP contribution in [-0.4, -0.2) is 53.8 Å². The summed E-state index contributed by atoms with van der Waals surface area (Å²) in [6.07, 6.45) is 7.49. The highest BCUT2D eigenvalue weighted by Crippen LogP contribution is 2.32.